The Morgan fingerprint density at radius 1 is 1.32 bits per heavy atom. The van der Waals surface area contributed by atoms with Crippen LogP contribution in [0.25, 0.3) is 0 Å². The fourth-order valence-corrected chi connectivity index (χ4v) is 2.05. The molecule has 0 aliphatic carbocycles. The number of hydrogen-bond donors (Lipinski definition) is 0. The van der Waals surface area contributed by atoms with Gasteiger partial charge in [0.05, 0.1) is 6.42 Å². The highest BCUT2D eigenvalue weighted by Crippen LogP contribution is 2.13. The molecule has 0 aliphatic rings. The van der Waals surface area contributed by atoms with Gasteiger partial charge in [0.2, 0.25) is 0 Å². The number of imidazole rings is 1. The zero-order chi connectivity index (χ0) is 16.1. The molecule has 0 saturated heterocycles. The van der Waals surface area contributed by atoms with Crippen molar-refractivity contribution in [2.24, 2.45) is 0 Å². The number of rotatable bonds is 6. The maximum Gasteiger partial charge on any atom is 0.342 e. The van der Waals surface area contributed by atoms with Crippen LogP contribution in [0, 0.1) is 24.0 Å². The van der Waals surface area contributed by atoms with Gasteiger partial charge in [0, 0.05) is 6.92 Å². The summed E-state index contributed by atoms with van der Waals surface area (Å²) in [5.74, 6) is 0.0534. The third-order valence-corrected chi connectivity index (χ3v) is 3.27. The van der Waals surface area contributed by atoms with E-state index in [9.17, 15) is 14.9 Å². The second-order valence-electron chi connectivity index (χ2n) is 4.96. The van der Waals surface area contributed by atoms with E-state index in [2.05, 4.69) is 4.98 Å². The molecule has 0 atom stereocenters. The summed E-state index contributed by atoms with van der Waals surface area (Å²) >= 11 is 0. The molecular formula is C15H17N3O4. The lowest BCUT2D eigenvalue weighted by Crippen LogP contribution is -2.15. The summed E-state index contributed by atoms with van der Waals surface area (Å²) in [4.78, 5) is 26.0. The molecule has 1 aromatic heterocycles. The molecule has 2 rings (SSSR count). The van der Waals surface area contributed by atoms with Crippen LogP contribution in [0.2, 0.25) is 0 Å². The van der Waals surface area contributed by atoms with Crippen LogP contribution in [0.3, 0.4) is 0 Å². The SMILES string of the molecule is Cc1ccc(CC(=O)OCCn2c([N+](=O)[O-])cnc2C)cc1. The van der Waals surface area contributed by atoms with Gasteiger partial charge in [0.15, 0.2) is 5.82 Å². The fraction of sp³-hybridized carbons (Fsp3) is 0.333. The summed E-state index contributed by atoms with van der Waals surface area (Å²) in [6.45, 7) is 3.92. The van der Waals surface area contributed by atoms with E-state index in [4.69, 9.17) is 4.74 Å². The van der Waals surface area contributed by atoms with Crippen molar-refractivity contribution in [1.82, 2.24) is 9.55 Å². The molecule has 22 heavy (non-hydrogen) atoms. The number of carbonyl (C=O) groups excluding carboxylic acids is 1. The zero-order valence-corrected chi connectivity index (χ0v) is 12.5. The molecule has 0 saturated carbocycles. The van der Waals surface area contributed by atoms with Gasteiger partial charge in [-0.2, -0.15) is 0 Å². The number of benzene rings is 1. The van der Waals surface area contributed by atoms with Crippen LogP contribution in [0.1, 0.15) is 17.0 Å². The van der Waals surface area contributed by atoms with Crippen LogP contribution in [0.4, 0.5) is 5.82 Å². The number of carbonyl (C=O) groups is 1. The monoisotopic (exact) mass is 303 g/mol. The first-order valence-electron chi connectivity index (χ1n) is 6.85. The summed E-state index contributed by atoms with van der Waals surface area (Å²) in [5.41, 5.74) is 2.00. The van der Waals surface area contributed by atoms with E-state index in [1.165, 1.54) is 10.8 Å². The molecule has 1 heterocycles. The first kappa shape index (κ1) is 15.7. The van der Waals surface area contributed by atoms with Crippen molar-refractivity contribution < 1.29 is 14.5 Å². The Labute approximate surface area is 127 Å². The third kappa shape index (κ3) is 3.91. The molecule has 1 aromatic carbocycles. The molecule has 0 radical (unpaired) electrons. The van der Waals surface area contributed by atoms with E-state index in [-0.39, 0.29) is 31.4 Å². The van der Waals surface area contributed by atoms with Gasteiger partial charge in [-0.25, -0.2) is 9.55 Å². The largest absolute Gasteiger partial charge is 0.461 e. The van der Waals surface area contributed by atoms with Crippen molar-refractivity contribution in [3.05, 3.63) is 57.5 Å². The Hall–Kier alpha value is -2.70. The molecule has 0 N–H and O–H groups in total. The minimum absolute atomic E-state index is 0.0722. The topological polar surface area (TPSA) is 87.3 Å². The van der Waals surface area contributed by atoms with Gasteiger partial charge in [-0.15, -0.1) is 0 Å². The molecule has 116 valence electrons. The van der Waals surface area contributed by atoms with Crippen molar-refractivity contribution in [3.8, 4) is 0 Å². The lowest BCUT2D eigenvalue weighted by atomic mass is 10.1. The molecule has 0 bridgehead atoms. The second-order valence-corrected chi connectivity index (χ2v) is 4.96. The Morgan fingerprint density at radius 2 is 2.00 bits per heavy atom. The average Bonchev–Trinajstić information content (AvgIpc) is 2.83. The standard InChI is InChI=1S/C15H17N3O4/c1-11-3-5-13(6-4-11)9-15(19)22-8-7-17-12(2)16-10-14(17)18(20)21/h3-6,10H,7-9H2,1-2H3. The number of aromatic nitrogens is 2. The van der Waals surface area contributed by atoms with E-state index < -0.39 is 4.92 Å². The van der Waals surface area contributed by atoms with Gasteiger partial charge in [0.25, 0.3) is 0 Å². The van der Waals surface area contributed by atoms with E-state index in [1.807, 2.05) is 31.2 Å². The van der Waals surface area contributed by atoms with Crippen molar-refractivity contribution in [3.63, 3.8) is 0 Å². The highest BCUT2D eigenvalue weighted by Gasteiger charge is 2.17. The van der Waals surface area contributed by atoms with Gasteiger partial charge in [-0.3, -0.25) is 4.79 Å². The van der Waals surface area contributed by atoms with E-state index in [1.54, 1.807) is 6.92 Å². The maximum atomic E-state index is 11.7. The Morgan fingerprint density at radius 3 is 2.64 bits per heavy atom. The normalized spacial score (nSPS) is 10.5. The lowest BCUT2D eigenvalue weighted by molar-refractivity contribution is -0.392. The van der Waals surface area contributed by atoms with Crippen molar-refractivity contribution in [2.45, 2.75) is 26.8 Å². The first-order chi connectivity index (χ1) is 10.5. The van der Waals surface area contributed by atoms with Crippen molar-refractivity contribution >= 4 is 11.8 Å². The summed E-state index contributed by atoms with van der Waals surface area (Å²) in [6.07, 6.45) is 1.38. The van der Waals surface area contributed by atoms with Crippen LogP contribution < -0.4 is 0 Å². The van der Waals surface area contributed by atoms with E-state index in [0.717, 1.165) is 11.1 Å². The molecule has 2 aromatic rings. The minimum atomic E-state index is -0.506. The molecule has 0 fully saturated rings. The summed E-state index contributed by atoms with van der Waals surface area (Å²) in [5, 5.41) is 10.8. The lowest BCUT2D eigenvalue weighted by Gasteiger charge is -2.06. The van der Waals surface area contributed by atoms with Crippen LogP contribution in [-0.2, 0) is 22.5 Å². The van der Waals surface area contributed by atoms with Crippen molar-refractivity contribution in [1.29, 1.82) is 0 Å². The molecular weight excluding hydrogens is 286 g/mol. The number of aryl methyl sites for hydroxylation is 2. The second kappa shape index (κ2) is 6.84. The molecule has 0 unspecified atom stereocenters. The Balaban J connectivity index is 1.86. The summed E-state index contributed by atoms with van der Waals surface area (Å²) in [7, 11) is 0. The van der Waals surface area contributed by atoms with Gasteiger partial charge in [-0.1, -0.05) is 29.8 Å². The highest BCUT2D eigenvalue weighted by atomic mass is 16.6. The minimum Gasteiger partial charge on any atom is -0.461 e. The number of esters is 1. The average molecular weight is 303 g/mol. The first-order valence-corrected chi connectivity index (χ1v) is 6.85. The molecule has 0 spiro atoms. The number of nitro groups is 1. The predicted molar refractivity (Wildman–Crippen MR) is 79.5 cm³/mol. The van der Waals surface area contributed by atoms with Crippen LogP contribution in [0.5, 0.6) is 0 Å². The molecule has 7 heteroatoms. The third-order valence-electron chi connectivity index (χ3n) is 3.27. The maximum absolute atomic E-state index is 11.7. The predicted octanol–water partition coefficient (Wildman–Crippen LogP) is 2.19. The number of ether oxygens (including phenoxy) is 1. The number of nitrogens with zero attached hydrogens (tertiary/aromatic N) is 3. The summed E-state index contributed by atoms with van der Waals surface area (Å²) in [6, 6.07) is 7.62. The van der Waals surface area contributed by atoms with E-state index in [0.29, 0.717) is 5.82 Å². The van der Waals surface area contributed by atoms with Crippen LogP contribution in [0.15, 0.2) is 30.5 Å². The quantitative estimate of drug-likeness (QED) is 0.464. The molecule has 7 nitrogen and oxygen atoms in total. The highest BCUT2D eigenvalue weighted by molar-refractivity contribution is 5.72. The van der Waals surface area contributed by atoms with Gasteiger partial charge in [-0.05, 0) is 17.4 Å². The Kier molecular flexibility index (Phi) is 4.88. The Bertz CT molecular complexity index is 677. The number of hydrogen-bond acceptors (Lipinski definition) is 5. The smallest absolute Gasteiger partial charge is 0.342 e. The zero-order valence-electron chi connectivity index (χ0n) is 12.5. The van der Waals surface area contributed by atoms with Gasteiger partial charge >= 0.3 is 11.8 Å². The van der Waals surface area contributed by atoms with Gasteiger partial charge < -0.3 is 14.9 Å². The van der Waals surface area contributed by atoms with Crippen LogP contribution >= 0.6 is 0 Å². The summed E-state index contributed by atoms with van der Waals surface area (Å²) < 4.78 is 6.54. The molecule has 0 amide bonds. The van der Waals surface area contributed by atoms with Crippen LogP contribution in [-0.4, -0.2) is 27.1 Å². The van der Waals surface area contributed by atoms with E-state index >= 15 is 0 Å². The molecule has 0 aliphatic heterocycles. The van der Waals surface area contributed by atoms with Gasteiger partial charge in [0.1, 0.15) is 19.3 Å². The fourth-order valence-electron chi connectivity index (χ4n) is 2.05. The van der Waals surface area contributed by atoms with Crippen molar-refractivity contribution in [2.75, 3.05) is 6.61 Å².